The lowest BCUT2D eigenvalue weighted by atomic mass is 9.99. The quantitative estimate of drug-likeness (QED) is 0.642. The molecule has 6 nitrogen and oxygen atoms in total. The summed E-state index contributed by atoms with van der Waals surface area (Å²) in [4.78, 5) is 21.5. The maximum atomic E-state index is 11.2. The fourth-order valence-corrected chi connectivity index (χ4v) is 2.00. The van der Waals surface area contributed by atoms with E-state index in [-0.39, 0.29) is 12.1 Å². The number of aliphatic carboxylic acids is 1. The Balaban J connectivity index is 2.58. The molecule has 2 rings (SSSR count). The van der Waals surface area contributed by atoms with Crippen LogP contribution >= 0.6 is 0 Å². The van der Waals surface area contributed by atoms with E-state index >= 15 is 0 Å². The van der Waals surface area contributed by atoms with Crippen LogP contribution in [0.2, 0.25) is 0 Å². The van der Waals surface area contributed by atoms with Crippen LogP contribution in [0.3, 0.4) is 0 Å². The topological polar surface area (TPSA) is 106 Å². The van der Waals surface area contributed by atoms with Crippen molar-refractivity contribution in [1.29, 1.82) is 0 Å². The molecule has 0 amide bonds. The molecule has 2 aromatic carbocycles. The molecule has 0 saturated carbocycles. The van der Waals surface area contributed by atoms with E-state index in [4.69, 9.17) is 10.8 Å². The minimum Gasteiger partial charge on any atom is -0.480 e. The lowest BCUT2D eigenvalue weighted by Crippen LogP contribution is -2.32. The van der Waals surface area contributed by atoms with Crippen LogP contribution in [-0.4, -0.2) is 22.0 Å². The zero-order valence-corrected chi connectivity index (χ0v) is 9.95. The summed E-state index contributed by atoms with van der Waals surface area (Å²) in [7, 11) is 0. The highest BCUT2D eigenvalue weighted by molar-refractivity contribution is 5.92. The van der Waals surface area contributed by atoms with Gasteiger partial charge in [0.05, 0.1) is 10.3 Å². The molecule has 0 bridgehead atoms. The van der Waals surface area contributed by atoms with E-state index in [1.165, 1.54) is 0 Å². The van der Waals surface area contributed by atoms with Gasteiger partial charge in [0.1, 0.15) is 6.04 Å². The Morgan fingerprint density at radius 1 is 1.32 bits per heavy atom. The van der Waals surface area contributed by atoms with Crippen molar-refractivity contribution >= 4 is 22.4 Å². The normalized spacial score (nSPS) is 12.3. The lowest BCUT2D eigenvalue weighted by molar-refractivity contribution is -0.383. The summed E-state index contributed by atoms with van der Waals surface area (Å²) < 4.78 is 0. The van der Waals surface area contributed by atoms with E-state index in [1.807, 2.05) is 0 Å². The van der Waals surface area contributed by atoms with Crippen LogP contribution in [-0.2, 0) is 11.2 Å². The van der Waals surface area contributed by atoms with Crippen molar-refractivity contribution in [3.8, 4) is 0 Å². The Kier molecular flexibility index (Phi) is 3.43. The molecule has 2 aromatic rings. The van der Waals surface area contributed by atoms with Gasteiger partial charge in [-0.3, -0.25) is 14.9 Å². The van der Waals surface area contributed by atoms with Crippen molar-refractivity contribution in [3.05, 3.63) is 52.1 Å². The van der Waals surface area contributed by atoms with Gasteiger partial charge in [-0.25, -0.2) is 0 Å². The zero-order chi connectivity index (χ0) is 14.0. The van der Waals surface area contributed by atoms with E-state index in [0.29, 0.717) is 10.9 Å². The molecule has 0 aliphatic heterocycles. The predicted octanol–water partition coefficient (Wildman–Crippen LogP) is 1.70. The third-order valence-corrected chi connectivity index (χ3v) is 2.92. The Labute approximate surface area is 108 Å². The van der Waals surface area contributed by atoms with Gasteiger partial charge in [-0.05, 0) is 11.5 Å². The maximum absolute atomic E-state index is 11.2. The van der Waals surface area contributed by atoms with Gasteiger partial charge in [-0.1, -0.05) is 30.3 Å². The first-order chi connectivity index (χ1) is 9.00. The highest BCUT2D eigenvalue weighted by Gasteiger charge is 2.22. The number of fused-ring (bicyclic) bond motifs is 1. The number of nitro benzene ring substituents is 1. The summed E-state index contributed by atoms with van der Waals surface area (Å²) in [6.07, 6.45) is -0.0729. The Bertz CT molecular complexity index is 654. The maximum Gasteiger partial charge on any atom is 0.320 e. The van der Waals surface area contributed by atoms with Crippen molar-refractivity contribution < 1.29 is 14.8 Å². The first-order valence-corrected chi connectivity index (χ1v) is 5.64. The number of nitrogens with zero attached hydrogens (tertiary/aromatic N) is 1. The molecular weight excluding hydrogens is 248 g/mol. The summed E-state index contributed by atoms with van der Waals surface area (Å²) in [5.41, 5.74) is 5.70. The molecule has 19 heavy (non-hydrogen) atoms. The third-order valence-electron chi connectivity index (χ3n) is 2.92. The number of carboxylic acids is 1. The van der Waals surface area contributed by atoms with Crippen LogP contribution in [0.1, 0.15) is 5.56 Å². The molecule has 0 saturated heterocycles. The molecule has 6 heteroatoms. The zero-order valence-electron chi connectivity index (χ0n) is 9.95. The van der Waals surface area contributed by atoms with Crippen molar-refractivity contribution in [2.45, 2.75) is 12.5 Å². The van der Waals surface area contributed by atoms with Crippen LogP contribution in [0.5, 0.6) is 0 Å². The molecule has 1 unspecified atom stereocenters. The number of benzene rings is 2. The number of hydrogen-bond donors (Lipinski definition) is 2. The van der Waals surface area contributed by atoms with E-state index in [1.54, 1.807) is 36.4 Å². The van der Waals surface area contributed by atoms with Gasteiger partial charge in [0.15, 0.2) is 0 Å². The van der Waals surface area contributed by atoms with Gasteiger partial charge >= 0.3 is 5.97 Å². The fraction of sp³-hybridized carbons (Fsp3) is 0.154. The van der Waals surface area contributed by atoms with Crippen molar-refractivity contribution in [2.75, 3.05) is 0 Å². The van der Waals surface area contributed by atoms with Crippen molar-refractivity contribution in [2.24, 2.45) is 5.73 Å². The number of rotatable bonds is 4. The molecule has 0 radical (unpaired) electrons. The number of nitrogens with two attached hydrogens (primary N) is 1. The minimum absolute atomic E-state index is 0.0729. The summed E-state index contributed by atoms with van der Waals surface area (Å²) >= 11 is 0. The second kappa shape index (κ2) is 5.03. The third kappa shape index (κ3) is 2.53. The van der Waals surface area contributed by atoms with Gasteiger partial charge < -0.3 is 10.8 Å². The summed E-state index contributed by atoms with van der Waals surface area (Å²) in [6.45, 7) is 0. The average Bonchev–Trinajstić information content (AvgIpc) is 2.37. The molecule has 0 heterocycles. The van der Waals surface area contributed by atoms with Crippen LogP contribution in [0.4, 0.5) is 5.69 Å². The van der Waals surface area contributed by atoms with E-state index < -0.39 is 16.9 Å². The van der Waals surface area contributed by atoms with Crippen LogP contribution in [0.25, 0.3) is 10.8 Å². The Hall–Kier alpha value is -2.47. The van der Waals surface area contributed by atoms with Crippen LogP contribution in [0, 0.1) is 10.1 Å². The highest BCUT2D eigenvalue weighted by atomic mass is 16.6. The van der Waals surface area contributed by atoms with Crippen molar-refractivity contribution in [1.82, 2.24) is 0 Å². The number of carboxylic acid groups (broad SMARTS) is 1. The fourth-order valence-electron chi connectivity index (χ4n) is 2.00. The lowest BCUT2D eigenvalue weighted by Gasteiger charge is -2.09. The van der Waals surface area contributed by atoms with Crippen LogP contribution in [0.15, 0.2) is 36.4 Å². The number of nitro groups is 1. The Morgan fingerprint density at radius 2 is 2.00 bits per heavy atom. The van der Waals surface area contributed by atoms with E-state index in [0.717, 1.165) is 5.39 Å². The Morgan fingerprint density at radius 3 is 2.63 bits per heavy atom. The summed E-state index contributed by atoms with van der Waals surface area (Å²) in [5, 5.41) is 21.2. The van der Waals surface area contributed by atoms with E-state index in [9.17, 15) is 14.9 Å². The van der Waals surface area contributed by atoms with Gasteiger partial charge in [0, 0.05) is 12.0 Å². The summed E-state index contributed by atoms with van der Waals surface area (Å²) in [5.74, 6) is -1.18. The first-order valence-electron chi connectivity index (χ1n) is 5.64. The molecule has 0 aliphatic rings. The SMILES string of the molecule is NC(Cc1ccc2ccccc2c1[N+](=O)[O-])C(=O)O. The minimum atomic E-state index is -1.18. The monoisotopic (exact) mass is 260 g/mol. The molecule has 0 fully saturated rings. The smallest absolute Gasteiger partial charge is 0.320 e. The second-order valence-corrected chi connectivity index (χ2v) is 4.20. The number of hydrogen-bond acceptors (Lipinski definition) is 4. The van der Waals surface area contributed by atoms with Gasteiger partial charge in [0.2, 0.25) is 0 Å². The van der Waals surface area contributed by atoms with Crippen LogP contribution < -0.4 is 5.73 Å². The first kappa shape index (κ1) is 13.0. The van der Waals surface area contributed by atoms with Crippen molar-refractivity contribution in [3.63, 3.8) is 0 Å². The largest absolute Gasteiger partial charge is 0.480 e. The molecule has 3 N–H and O–H groups in total. The van der Waals surface area contributed by atoms with Gasteiger partial charge in [0.25, 0.3) is 5.69 Å². The molecule has 98 valence electrons. The standard InChI is InChI=1S/C13H12N2O4/c14-11(13(16)17)7-9-6-5-8-3-1-2-4-10(8)12(9)15(18)19/h1-6,11H,7,14H2,(H,16,17). The van der Waals surface area contributed by atoms with E-state index in [2.05, 4.69) is 0 Å². The molecule has 0 aromatic heterocycles. The van der Waals surface area contributed by atoms with Gasteiger partial charge in [-0.15, -0.1) is 0 Å². The second-order valence-electron chi connectivity index (χ2n) is 4.20. The number of carbonyl (C=O) groups is 1. The predicted molar refractivity (Wildman–Crippen MR) is 69.9 cm³/mol. The molecule has 0 spiro atoms. The highest BCUT2D eigenvalue weighted by Crippen LogP contribution is 2.30. The average molecular weight is 260 g/mol. The molecule has 0 aliphatic carbocycles. The molecule has 1 atom stereocenters. The summed E-state index contributed by atoms with van der Waals surface area (Å²) in [6, 6.07) is 9.03. The van der Waals surface area contributed by atoms with Gasteiger partial charge in [-0.2, -0.15) is 0 Å². The molecular formula is C13H12N2O4.